The lowest BCUT2D eigenvalue weighted by Crippen LogP contribution is -2.49. The summed E-state index contributed by atoms with van der Waals surface area (Å²) < 4.78 is 0. The molecule has 1 saturated heterocycles. The number of guanidine groups is 1. The molecule has 0 aliphatic carbocycles. The Morgan fingerprint density at radius 2 is 1.88 bits per heavy atom. The Hall–Kier alpha value is -1.37. The molecule has 0 spiro atoms. The smallest absolute Gasteiger partial charge is 0.191 e. The number of rotatable bonds is 7. The Morgan fingerprint density at radius 3 is 2.50 bits per heavy atom. The van der Waals surface area contributed by atoms with Gasteiger partial charge in [0.25, 0.3) is 0 Å². The maximum atomic E-state index is 5.79. The van der Waals surface area contributed by atoms with Crippen molar-refractivity contribution in [3.05, 3.63) is 29.0 Å². The molecule has 1 aliphatic rings. The van der Waals surface area contributed by atoms with Gasteiger partial charge in [-0.05, 0) is 24.6 Å². The maximum absolute atomic E-state index is 5.79. The number of likely N-dealkylation sites (N-methyl/N-ethyl adjacent to an activating group) is 1. The molecule has 1 aromatic heterocycles. The van der Waals surface area contributed by atoms with Gasteiger partial charge < -0.3 is 15.5 Å². The average molecular weight is 353 g/mol. The van der Waals surface area contributed by atoms with E-state index in [4.69, 9.17) is 11.6 Å². The van der Waals surface area contributed by atoms with Crippen LogP contribution in [0.3, 0.4) is 0 Å². The minimum atomic E-state index is 0.531. The van der Waals surface area contributed by atoms with Gasteiger partial charge in [0.2, 0.25) is 0 Å². The summed E-state index contributed by atoms with van der Waals surface area (Å²) in [6.45, 7) is 10.8. The first kappa shape index (κ1) is 19.0. The molecule has 0 bridgehead atoms. The second-order valence-electron chi connectivity index (χ2n) is 5.94. The lowest BCUT2D eigenvalue weighted by molar-refractivity contribution is 0.139. The minimum Gasteiger partial charge on any atom is -0.356 e. The van der Waals surface area contributed by atoms with Crippen LogP contribution in [0.5, 0.6) is 0 Å². The van der Waals surface area contributed by atoms with E-state index in [1.165, 1.54) is 13.1 Å². The van der Waals surface area contributed by atoms with Crippen LogP contribution in [0.15, 0.2) is 23.3 Å². The van der Waals surface area contributed by atoms with Gasteiger partial charge in [0, 0.05) is 59.1 Å². The fourth-order valence-electron chi connectivity index (χ4n) is 2.76. The van der Waals surface area contributed by atoms with Gasteiger partial charge in [-0.25, -0.2) is 4.98 Å². The van der Waals surface area contributed by atoms with Crippen LogP contribution in [-0.2, 0) is 6.42 Å². The number of piperazine rings is 1. The molecule has 0 atom stereocenters. The van der Waals surface area contributed by atoms with Crippen molar-refractivity contribution >= 4 is 17.6 Å². The molecule has 1 aliphatic heterocycles. The van der Waals surface area contributed by atoms with Crippen molar-refractivity contribution in [2.75, 3.05) is 59.4 Å². The van der Waals surface area contributed by atoms with Gasteiger partial charge >= 0.3 is 0 Å². The number of pyridine rings is 1. The molecule has 2 heterocycles. The van der Waals surface area contributed by atoms with E-state index in [0.29, 0.717) is 5.15 Å². The van der Waals surface area contributed by atoms with Gasteiger partial charge in [-0.2, -0.15) is 0 Å². The first-order valence-electron chi connectivity index (χ1n) is 8.71. The highest BCUT2D eigenvalue weighted by molar-refractivity contribution is 6.29. The minimum absolute atomic E-state index is 0.531. The molecule has 2 rings (SSSR count). The van der Waals surface area contributed by atoms with E-state index in [0.717, 1.165) is 57.2 Å². The van der Waals surface area contributed by atoms with Gasteiger partial charge in [0.1, 0.15) is 5.15 Å². The molecule has 0 amide bonds. The number of hydrogen-bond acceptors (Lipinski definition) is 4. The summed E-state index contributed by atoms with van der Waals surface area (Å²) in [5, 5.41) is 7.25. The standard InChI is InChI=1S/C17H29ClN6/c1-3-23-10-12-24(13-11-23)9-8-21-17(19-2)20-7-6-15-4-5-16(18)22-14-15/h4-5,14H,3,6-13H2,1-2H3,(H2,19,20,21). The molecule has 6 nitrogen and oxygen atoms in total. The molecule has 134 valence electrons. The molecule has 0 saturated carbocycles. The number of hydrogen-bond donors (Lipinski definition) is 2. The van der Waals surface area contributed by atoms with Crippen LogP contribution in [0.2, 0.25) is 5.15 Å². The Kier molecular flexibility index (Phi) is 8.28. The number of nitrogens with one attached hydrogen (secondary N) is 2. The molecule has 0 unspecified atom stereocenters. The molecular weight excluding hydrogens is 324 g/mol. The fraction of sp³-hybridized carbons (Fsp3) is 0.647. The van der Waals surface area contributed by atoms with Crippen molar-refractivity contribution in [3.8, 4) is 0 Å². The second-order valence-corrected chi connectivity index (χ2v) is 6.33. The second kappa shape index (κ2) is 10.5. The summed E-state index contributed by atoms with van der Waals surface area (Å²) in [5.74, 6) is 0.851. The van der Waals surface area contributed by atoms with E-state index >= 15 is 0 Å². The van der Waals surface area contributed by atoms with Gasteiger partial charge in [-0.1, -0.05) is 24.6 Å². The first-order valence-corrected chi connectivity index (χ1v) is 9.08. The number of aliphatic imine (C=N–C) groups is 1. The molecule has 0 aromatic carbocycles. The third kappa shape index (κ3) is 6.63. The average Bonchev–Trinajstić information content (AvgIpc) is 2.62. The van der Waals surface area contributed by atoms with Gasteiger partial charge in [-0.3, -0.25) is 9.89 Å². The largest absolute Gasteiger partial charge is 0.356 e. The molecule has 1 fully saturated rings. The summed E-state index contributed by atoms with van der Waals surface area (Å²) in [6, 6.07) is 3.82. The molecule has 0 radical (unpaired) electrons. The topological polar surface area (TPSA) is 55.8 Å². The quantitative estimate of drug-likeness (QED) is 0.437. The van der Waals surface area contributed by atoms with Gasteiger partial charge in [0.05, 0.1) is 0 Å². The van der Waals surface area contributed by atoms with Crippen molar-refractivity contribution in [2.45, 2.75) is 13.3 Å². The highest BCUT2D eigenvalue weighted by Gasteiger charge is 2.14. The highest BCUT2D eigenvalue weighted by atomic mass is 35.5. The third-order valence-electron chi connectivity index (χ3n) is 4.35. The zero-order chi connectivity index (χ0) is 17.2. The third-order valence-corrected chi connectivity index (χ3v) is 4.57. The molecule has 2 N–H and O–H groups in total. The van der Waals surface area contributed by atoms with Crippen molar-refractivity contribution in [1.29, 1.82) is 0 Å². The molecule has 7 heteroatoms. The van der Waals surface area contributed by atoms with Crippen molar-refractivity contribution in [2.24, 2.45) is 4.99 Å². The van der Waals surface area contributed by atoms with E-state index < -0.39 is 0 Å². The van der Waals surface area contributed by atoms with Crippen LogP contribution in [0.25, 0.3) is 0 Å². The van der Waals surface area contributed by atoms with Crippen molar-refractivity contribution < 1.29 is 0 Å². The molecule has 1 aromatic rings. The molecular formula is C17H29ClN6. The van der Waals surface area contributed by atoms with Crippen molar-refractivity contribution in [1.82, 2.24) is 25.4 Å². The van der Waals surface area contributed by atoms with Crippen LogP contribution in [0.1, 0.15) is 12.5 Å². The lowest BCUT2D eigenvalue weighted by atomic mass is 10.2. The van der Waals surface area contributed by atoms with E-state index in [1.54, 1.807) is 7.05 Å². The van der Waals surface area contributed by atoms with E-state index in [2.05, 4.69) is 37.3 Å². The summed E-state index contributed by atoms with van der Waals surface area (Å²) in [4.78, 5) is 13.4. The molecule has 24 heavy (non-hydrogen) atoms. The Labute approximate surface area is 150 Å². The number of aromatic nitrogens is 1. The summed E-state index contributed by atoms with van der Waals surface area (Å²) in [7, 11) is 1.80. The Bertz CT molecular complexity index is 496. The van der Waals surface area contributed by atoms with Crippen LogP contribution >= 0.6 is 11.6 Å². The maximum Gasteiger partial charge on any atom is 0.191 e. The van der Waals surface area contributed by atoms with E-state index in [-0.39, 0.29) is 0 Å². The predicted octanol–water partition coefficient (Wildman–Crippen LogP) is 1.08. The fourth-order valence-corrected chi connectivity index (χ4v) is 2.87. The highest BCUT2D eigenvalue weighted by Crippen LogP contribution is 2.05. The monoisotopic (exact) mass is 352 g/mol. The summed E-state index contributed by atoms with van der Waals surface area (Å²) in [6.07, 6.45) is 2.71. The van der Waals surface area contributed by atoms with E-state index in [9.17, 15) is 0 Å². The Morgan fingerprint density at radius 1 is 1.17 bits per heavy atom. The SMILES string of the molecule is CCN1CCN(CCNC(=NC)NCCc2ccc(Cl)nc2)CC1. The van der Waals surface area contributed by atoms with Crippen LogP contribution in [0, 0.1) is 0 Å². The van der Waals surface area contributed by atoms with Crippen LogP contribution in [-0.4, -0.2) is 80.1 Å². The summed E-state index contributed by atoms with van der Waals surface area (Å²) >= 11 is 5.79. The Balaban J connectivity index is 1.59. The zero-order valence-corrected chi connectivity index (χ0v) is 15.5. The number of halogens is 1. The zero-order valence-electron chi connectivity index (χ0n) is 14.8. The number of nitrogens with zero attached hydrogens (tertiary/aromatic N) is 4. The van der Waals surface area contributed by atoms with Crippen LogP contribution < -0.4 is 10.6 Å². The predicted molar refractivity (Wildman–Crippen MR) is 101 cm³/mol. The van der Waals surface area contributed by atoms with Gasteiger partial charge in [-0.15, -0.1) is 0 Å². The van der Waals surface area contributed by atoms with Crippen molar-refractivity contribution in [3.63, 3.8) is 0 Å². The lowest BCUT2D eigenvalue weighted by Gasteiger charge is -2.34. The first-order chi connectivity index (χ1) is 11.7. The van der Waals surface area contributed by atoms with Crippen LogP contribution in [0.4, 0.5) is 0 Å². The summed E-state index contributed by atoms with van der Waals surface area (Å²) in [5.41, 5.74) is 1.16. The van der Waals surface area contributed by atoms with Gasteiger partial charge in [0.15, 0.2) is 5.96 Å². The van der Waals surface area contributed by atoms with E-state index in [1.807, 2.05) is 18.3 Å². The normalized spacial score (nSPS) is 17.0.